The van der Waals surface area contributed by atoms with Crippen LogP contribution in [0.15, 0.2) is 18.2 Å². The molecule has 4 nitrogen and oxygen atoms in total. The van der Waals surface area contributed by atoms with E-state index in [1.54, 1.807) is 6.07 Å². The number of rotatable bonds is 5. The zero-order valence-electron chi connectivity index (χ0n) is 13.0. The summed E-state index contributed by atoms with van der Waals surface area (Å²) in [6.07, 6.45) is 1.81. The van der Waals surface area contributed by atoms with Gasteiger partial charge in [-0.3, -0.25) is 0 Å². The Morgan fingerprint density at radius 3 is 2.86 bits per heavy atom. The maximum Gasteiger partial charge on any atom is 0.315 e. The summed E-state index contributed by atoms with van der Waals surface area (Å²) in [7, 11) is 0. The van der Waals surface area contributed by atoms with Gasteiger partial charge in [-0.15, -0.1) is 0 Å². The number of carbonyl (C=O) groups excluding carboxylic acids is 1. The van der Waals surface area contributed by atoms with Crippen LogP contribution in [0.25, 0.3) is 0 Å². The molecule has 2 rings (SSSR count). The zero-order valence-corrected chi connectivity index (χ0v) is 13.0. The molecule has 1 aliphatic rings. The Labute approximate surface area is 129 Å². The van der Waals surface area contributed by atoms with Crippen molar-refractivity contribution in [2.24, 2.45) is 5.92 Å². The molecule has 1 saturated heterocycles. The third-order valence-electron chi connectivity index (χ3n) is 4.10. The smallest absolute Gasteiger partial charge is 0.315 e. The molecule has 0 aromatic heterocycles. The second-order valence-electron chi connectivity index (χ2n) is 5.86. The number of benzene rings is 1. The summed E-state index contributed by atoms with van der Waals surface area (Å²) in [5.41, 5.74) is 0.686. The normalized spacial score (nSPS) is 19.1. The summed E-state index contributed by atoms with van der Waals surface area (Å²) in [4.78, 5) is 13.7. The monoisotopic (exact) mass is 311 g/mol. The highest BCUT2D eigenvalue weighted by molar-refractivity contribution is 5.74. The molecule has 0 spiro atoms. The fourth-order valence-electron chi connectivity index (χ4n) is 2.53. The van der Waals surface area contributed by atoms with Gasteiger partial charge < -0.3 is 15.5 Å². The van der Waals surface area contributed by atoms with Crippen LogP contribution in [0, 0.1) is 17.6 Å². The van der Waals surface area contributed by atoms with Gasteiger partial charge in [0.25, 0.3) is 0 Å². The van der Waals surface area contributed by atoms with Crippen molar-refractivity contribution in [2.45, 2.75) is 32.7 Å². The first-order chi connectivity index (χ1) is 10.5. The van der Waals surface area contributed by atoms with Crippen molar-refractivity contribution in [3.63, 3.8) is 0 Å². The molecule has 1 aromatic rings. The highest BCUT2D eigenvalue weighted by Gasteiger charge is 2.23. The van der Waals surface area contributed by atoms with Gasteiger partial charge in [0, 0.05) is 37.4 Å². The van der Waals surface area contributed by atoms with E-state index in [1.165, 1.54) is 6.07 Å². The number of hydrogen-bond acceptors (Lipinski definition) is 2. The third kappa shape index (κ3) is 4.32. The predicted octanol–water partition coefficient (Wildman–Crippen LogP) is 2.89. The topological polar surface area (TPSA) is 44.4 Å². The van der Waals surface area contributed by atoms with Crippen molar-refractivity contribution in [3.8, 4) is 0 Å². The number of nitrogens with one attached hydrogen (secondary N) is 2. The lowest BCUT2D eigenvalue weighted by atomic mass is 10.1. The Morgan fingerprint density at radius 2 is 2.18 bits per heavy atom. The number of nitrogens with zero attached hydrogens (tertiary/aromatic N) is 1. The summed E-state index contributed by atoms with van der Waals surface area (Å²) in [6.45, 7) is 6.07. The molecule has 2 amide bonds. The van der Waals surface area contributed by atoms with Gasteiger partial charge in [-0.1, -0.05) is 6.92 Å². The zero-order chi connectivity index (χ0) is 16.1. The highest BCUT2D eigenvalue weighted by Crippen LogP contribution is 2.24. The van der Waals surface area contributed by atoms with E-state index >= 15 is 0 Å². The first kappa shape index (κ1) is 16.5. The predicted molar refractivity (Wildman–Crippen MR) is 83.0 cm³/mol. The van der Waals surface area contributed by atoms with Crippen molar-refractivity contribution < 1.29 is 13.6 Å². The molecular formula is C16H23F2N3O. The maximum atomic E-state index is 13.3. The van der Waals surface area contributed by atoms with E-state index in [0.717, 1.165) is 32.0 Å². The number of halogens is 2. The van der Waals surface area contributed by atoms with E-state index in [-0.39, 0.29) is 12.1 Å². The van der Waals surface area contributed by atoms with Crippen molar-refractivity contribution in [1.82, 2.24) is 10.6 Å². The summed E-state index contributed by atoms with van der Waals surface area (Å²) in [5, 5.41) is 5.73. The Morgan fingerprint density at radius 1 is 1.41 bits per heavy atom. The molecule has 1 aliphatic heterocycles. The molecule has 0 unspecified atom stereocenters. The molecule has 0 radical (unpaired) electrons. The molecule has 122 valence electrons. The number of anilines is 1. The van der Waals surface area contributed by atoms with Crippen molar-refractivity contribution in [1.29, 1.82) is 0 Å². The van der Waals surface area contributed by atoms with Crippen LogP contribution >= 0.6 is 0 Å². The van der Waals surface area contributed by atoms with E-state index in [0.29, 0.717) is 18.2 Å². The fourth-order valence-corrected chi connectivity index (χ4v) is 2.53. The molecule has 22 heavy (non-hydrogen) atoms. The van der Waals surface area contributed by atoms with E-state index < -0.39 is 11.6 Å². The van der Waals surface area contributed by atoms with Crippen LogP contribution in [0.1, 0.15) is 26.7 Å². The van der Waals surface area contributed by atoms with Crippen LogP contribution in [-0.4, -0.2) is 31.7 Å². The number of carbonyl (C=O) groups is 1. The first-order valence-electron chi connectivity index (χ1n) is 7.74. The highest BCUT2D eigenvalue weighted by atomic mass is 19.2. The molecule has 2 atom stereocenters. The lowest BCUT2D eigenvalue weighted by Crippen LogP contribution is -2.42. The molecule has 1 aromatic carbocycles. The Kier molecular flexibility index (Phi) is 5.57. The minimum Gasteiger partial charge on any atom is -0.371 e. The van der Waals surface area contributed by atoms with E-state index in [9.17, 15) is 13.6 Å². The largest absolute Gasteiger partial charge is 0.371 e. The quantitative estimate of drug-likeness (QED) is 0.878. The Hall–Kier alpha value is -1.85. The van der Waals surface area contributed by atoms with Crippen LogP contribution in [-0.2, 0) is 0 Å². The molecule has 0 aliphatic carbocycles. The molecule has 0 saturated carbocycles. The molecule has 6 heteroatoms. The average Bonchev–Trinajstić information content (AvgIpc) is 2.96. The van der Waals surface area contributed by atoms with Gasteiger partial charge in [-0.25, -0.2) is 13.6 Å². The SMILES string of the molecule is CC[C@@H](C)NC(=O)NC[C@H]1CCN(c2ccc(F)c(F)c2)C1. The number of hydrogen-bond donors (Lipinski definition) is 2. The van der Waals surface area contributed by atoms with Crippen LogP contribution in [0.5, 0.6) is 0 Å². The molecule has 2 N–H and O–H groups in total. The van der Waals surface area contributed by atoms with Crippen molar-refractivity contribution >= 4 is 11.7 Å². The van der Waals surface area contributed by atoms with Crippen molar-refractivity contribution in [3.05, 3.63) is 29.8 Å². The number of urea groups is 1. The van der Waals surface area contributed by atoms with Gasteiger partial charge in [-0.2, -0.15) is 0 Å². The summed E-state index contributed by atoms with van der Waals surface area (Å²) in [5.74, 6) is -1.34. The minimum atomic E-state index is -0.831. The molecular weight excluding hydrogens is 288 g/mol. The first-order valence-corrected chi connectivity index (χ1v) is 7.74. The van der Waals surface area contributed by atoms with Gasteiger partial charge in [0.1, 0.15) is 0 Å². The van der Waals surface area contributed by atoms with Crippen molar-refractivity contribution in [2.75, 3.05) is 24.5 Å². The molecule has 1 heterocycles. The van der Waals surface area contributed by atoms with Gasteiger partial charge >= 0.3 is 6.03 Å². The third-order valence-corrected chi connectivity index (χ3v) is 4.10. The minimum absolute atomic E-state index is 0.152. The molecule has 1 fully saturated rings. The average molecular weight is 311 g/mol. The second-order valence-corrected chi connectivity index (χ2v) is 5.86. The van der Waals surface area contributed by atoms with Crippen LogP contribution in [0.3, 0.4) is 0 Å². The number of amides is 2. The van der Waals surface area contributed by atoms with Crippen LogP contribution in [0.4, 0.5) is 19.3 Å². The lowest BCUT2D eigenvalue weighted by Gasteiger charge is -2.19. The van der Waals surface area contributed by atoms with Gasteiger partial charge in [0.05, 0.1) is 0 Å². The van der Waals surface area contributed by atoms with E-state index in [1.807, 2.05) is 18.7 Å². The summed E-state index contributed by atoms with van der Waals surface area (Å²) < 4.78 is 26.2. The summed E-state index contributed by atoms with van der Waals surface area (Å²) >= 11 is 0. The maximum absolute atomic E-state index is 13.3. The van der Waals surface area contributed by atoms with E-state index in [4.69, 9.17) is 0 Å². The molecule has 0 bridgehead atoms. The Balaban J connectivity index is 1.80. The van der Waals surface area contributed by atoms with Gasteiger partial charge in [0.15, 0.2) is 11.6 Å². The Bertz CT molecular complexity index is 524. The van der Waals surface area contributed by atoms with Gasteiger partial charge in [0.2, 0.25) is 0 Å². The second kappa shape index (κ2) is 7.42. The fraction of sp³-hybridized carbons (Fsp3) is 0.562. The van der Waals surface area contributed by atoms with E-state index in [2.05, 4.69) is 10.6 Å². The van der Waals surface area contributed by atoms with Gasteiger partial charge in [-0.05, 0) is 37.8 Å². The lowest BCUT2D eigenvalue weighted by molar-refractivity contribution is 0.236. The van der Waals surface area contributed by atoms with Crippen LogP contribution < -0.4 is 15.5 Å². The standard InChI is InChI=1S/C16H23F2N3O/c1-3-11(2)20-16(22)19-9-12-6-7-21(10-12)13-4-5-14(17)15(18)8-13/h4-5,8,11-12H,3,6-7,9-10H2,1-2H3,(H2,19,20,22)/t11-,12-/m1/s1. The summed E-state index contributed by atoms with van der Waals surface area (Å²) in [6, 6.07) is 3.96. The van der Waals surface area contributed by atoms with Crippen LogP contribution in [0.2, 0.25) is 0 Å².